The Labute approximate surface area is 119 Å². The molecule has 0 atom stereocenters. The van der Waals surface area contributed by atoms with Crippen molar-refractivity contribution in [2.75, 3.05) is 27.3 Å². The number of methoxy groups -OCH3 is 2. The van der Waals surface area contributed by atoms with Crippen LogP contribution in [0.25, 0.3) is 0 Å². The number of hydrogen-bond acceptors (Lipinski definition) is 5. The lowest BCUT2D eigenvalue weighted by Gasteiger charge is -2.20. The number of nitriles is 1. The molecule has 0 saturated carbocycles. The molecule has 0 aliphatic carbocycles. The zero-order chi connectivity index (χ0) is 15.0. The molecular weight excluding hydrogens is 256 g/mol. The van der Waals surface area contributed by atoms with Crippen LogP contribution in [0.3, 0.4) is 0 Å². The van der Waals surface area contributed by atoms with Crippen molar-refractivity contribution >= 4 is 5.97 Å². The number of ether oxygens (including phenoxy) is 2. The summed E-state index contributed by atoms with van der Waals surface area (Å²) in [6.07, 6.45) is 0.949. The topological polar surface area (TPSA) is 62.6 Å². The Morgan fingerprint density at radius 1 is 1.40 bits per heavy atom. The summed E-state index contributed by atoms with van der Waals surface area (Å²) in [5.74, 6) is 0.304. The molecule has 0 fully saturated rings. The van der Waals surface area contributed by atoms with Crippen molar-refractivity contribution < 1.29 is 14.3 Å². The smallest absolute Gasteiger partial charge is 0.319 e. The van der Waals surface area contributed by atoms with Crippen molar-refractivity contribution in [2.45, 2.75) is 19.9 Å². The van der Waals surface area contributed by atoms with Gasteiger partial charge in [0.25, 0.3) is 0 Å². The molecule has 0 bridgehead atoms. The van der Waals surface area contributed by atoms with Gasteiger partial charge in [0.1, 0.15) is 11.8 Å². The van der Waals surface area contributed by atoms with Gasteiger partial charge < -0.3 is 9.47 Å². The van der Waals surface area contributed by atoms with Gasteiger partial charge in [-0.25, -0.2) is 0 Å². The Kier molecular flexibility index (Phi) is 6.54. The summed E-state index contributed by atoms with van der Waals surface area (Å²) in [4.78, 5) is 13.4. The fraction of sp³-hybridized carbons (Fsp3) is 0.467. The van der Waals surface area contributed by atoms with Crippen LogP contribution >= 0.6 is 0 Å². The van der Waals surface area contributed by atoms with Crippen LogP contribution in [-0.2, 0) is 16.1 Å². The molecule has 0 aliphatic heterocycles. The normalized spacial score (nSPS) is 10.2. The highest BCUT2D eigenvalue weighted by Gasteiger charge is 2.12. The third-order valence-corrected chi connectivity index (χ3v) is 2.91. The van der Waals surface area contributed by atoms with Crippen LogP contribution < -0.4 is 4.74 Å². The lowest BCUT2D eigenvalue weighted by atomic mass is 10.1. The molecule has 0 radical (unpaired) electrons. The Bertz CT molecular complexity index is 494. The van der Waals surface area contributed by atoms with Gasteiger partial charge in [-0.1, -0.05) is 13.0 Å². The second kappa shape index (κ2) is 8.18. The van der Waals surface area contributed by atoms with Gasteiger partial charge in [-0.3, -0.25) is 9.69 Å². The summed E-state index contributed by atoms with van der Waals surface area (Å²) in [5.41, 5.74) is 1.50. The molecule has 0 saturated heterocycles. The van der Waals surface area contributed by atoms with E-state index in [9.17, 15) is 4.79 Å². The molecule has 5 nitrogen and oxygen atoms in total. The molecule has 108 valence electrons. The number of nitrogens with zero attached hydrogens (tertiary/aromatic N) is 2. The van der Waals surface area contributed by atoms with Gasteiger partial charge in [-0.05, 0) is 30.7 Å². The first-order valence-electron chi connectivity index (χ1n) is 6.50. The van der Waals surface area contributed by atoms with Crippen molar-refractivity contribution in [2.24, 2.45) is 0 Å². The van der Waals surface area contributed by atoms with Crippen LogP contribution in [0.4, 0.5) is 0 Å². The van der Waals surface area contributed by atoms with Crippen LogP contribution in [0.15, 0.2) is 18.2 Å². The van der Waals surface area contributed by atoms with Crippen LogP contribution in [0.2, 0.25) is 0 Å². The van der Waals surface area contributed by atoms with E-state index in [0.29, 0.717) is 17.9 Å². The number of esters is 1. The third kappa shape index (κ3) is 4.56. The van der Waals surface area contributed by atoms with Crippen molar-refractivity contribution in [1.29, 1.82) is 5.26 Å². The minimum Gasteiger partial charge on any atom is -0.495 e. The summed E-state index contributed by atoms with van der Waals surface area (Å²) in [7, 11) is 2.93. The predicted octanol–water partition coefficient (Wildman–Crippen LogP) is 1.95. The van der Waals surface area contributed by atoms with Gasteiger partial charge in [0, 0.05) is 6.54 Å². The first kappa shape index (κ1) is 16.0. The van der Waals surface area contributed by atoms with Crippen molar-refractivity contribution in [3.8, 4) is 11.8 Å². The fourth-order valence-corrected chi connectivity index (χ4v) is 1.96. The van der Waals surface area contributed by atoms with Gasteiger partial charge in [0.15, 0.2) is 0 Å². The summed E-state index contributed by atoms with van der Waals surface area (Å²) in [5, 5.41) is 8.96. The Hall–Kier alpha value is -2.06. The van der Waals surface area contributed by atoms with E-state index < -0.39 is 0 Å². The van der Waals surface area contributed by atoms with Crippen LogP contribution in [-0.4, -0.2) is 38.2 Å². The number of rotatable bonds is 7. The van der Waals surface area contributed by atoms with Crippen LogP contribution in [0.5, 0.6) is 5.75 Å². The van der Waals surface area contributed by atoms with Crippen LogP contribution in [0, 0.1) is 11.3 Å². The van der Waals surface area contributed by atoms with Crippen LogP contribution in [0.1, 0.15) is 24.5 Å². The monoisotopic (exact) mass is 276 g/mol. The van der Waals surface area contributed by atoms with E-state index in [4.69, 9.17) is 14.7 Å². The van der Waals surface area contributed by atoms with E-state index in [1.54, 1.807) is 6.07 Å². The average Bonchev–Trinajstić information content (AvgIpc) is 2.47. The molecule has 1 rings (SSSR count). The Balaban J connectivity index is 2.83. The van der Waals surface area contributed by atoms with Gasteiger partial charge in [-0.2, -0.15) is 5.26 Å². The molecule has 0 amide bonds. The number of benzene rings is 1. The van der Waals surface area contributed by atoms with Gasteiger partial charge in [0.2, 0.25) is 0 Å². The highest BCUT2D eigenvalue weighted by molar-refractivity contribution is 5.71. The van der Waals surface area contributed by atoms with Crippen molar-refractivity contribution in [1.82, 2.24) is 4.90 Å². The van der Waals surface area contributed by atoms with E-state index in [0.717, 1.165) is 18.5 Å². The molecule has 0 unspecified atom stereocenters. The van der Waals surface area contributed by atoms with Crippen molar-refractivity contribution in [3.63, 3.8) is 0 Å². The molecule has 0 aromatic heterocycles. The Morgan fingerprint density at radius 3 is 2.70 bits per heavy atom. The minimum atomic E-state index is -0.251. The maximum atomic E-state index is 11.4. The average molecular weight is 276 g/mol. The quantitative estimate of drug-likeness (QED) is 0.712. The zero-order valence-electron chi connectivity index (χ0n) is 12.2. The second-order valence-corrected chi connectivity index (χ2v) is 4.43. The molecule has 0 spiro atoms. The molecule has 5 heteroatoms. The summed E-state index contributed by atoms with van der Waals surface area (Å²) < 4.78 is 9.89. The molecule has 0 heterocycles. The van der Waals surface area contributed by atoms with E-state index in [-0.39, 0.29) is 12.5 Å². The van der Waals surface area contributed by atoms with E-state index in [1.165, 1.54) is 14.2 Å². The maximum Gasteiger partial charge on any atom is 0.319 e. The maximum absolute atomic E-state index is 11.4. The lowest BCUT2D eigenvalue weighted by Crippen LogP contribution is -2.30. The molecule has 20 heavy (non-hydrogen) atoms. The van der Waals surface area contributed by atoms with Gasteiger partial charge in [-0.15, -0.1) is 0 Å². The summed E-state index contributed by atoms with van der Waals surface area (Å²) >= 11 is 0. The standard InChI is InChI=1S/C15H20N2O3/c1-4-7-17(11-15(18)20-3)10-12-5-6-13(9-16)14(8-12)19-2/h5-6,8H,4,7,10-11H2,1-3H3. The first-order valence-corrected chi connectivity index (χ1v) is 6.50. The zero-order valence-corrected chi connectivity index (χ0v) is 12.2. The molecule has 0 aliphatic rings. The lowest BCUT2D eigenvalue weighted by molar-refractivity contribution is -0.142. The number of carbonyl (C=O) groups excluding carboxylic acids is 1. The minimum absolute atomic E-state index is 0.251. The third-order valence-electron chi connectivity index (χ3n) is 2.91. The predicted molar refractivity (Wildman–Crippen MR) is 75.3 cm³/mol. The van der Waals surface area contributed by atoms with Gasteiger partial charge >= 0.3 is 5.97 Å². The van der Waals surface area contributed by atoms with E-state index >= 15 is 0 Å². The number of hydrogen-bond donors (Lipinski definition) is 0. The Morgan fingerprint density at radius 2 is 2.15 bits per heavy atom. The molecule has 1 aromatic rings. The van der Waals surface area contributed by atoms with E-state index in [1.807, 2.05) is 17.0 Å². The van der Waals surface area contributed by atoms with E-state index in [2.05, 4.69) is 13.0 Å². The van der Waals surface area contributed by atoms with Crippen molar-refractivity contribution in [3.05, 3.63) is 29.3 Å². The first-order chi connectivity index (χ1) is 9.64. The molecule has 0 N–H and O–H groups in total. The SMILES string of the molecule is CCCN(CC(=O)OC)Cc1ccc(C#N)c(OC)c1. The largest absolute Gasteiger partial charge is 0.495 e. The molecule has 1 aromatic carbocycles. The second-order valence-electron chi connectivity index (χ2n) is 4.43. The number of carbonyl (C=O) groups is 1. The highest BCUT2D eigenvalue weighted by Crippen LogP contribution is 2.20. The summed E-state index contributed by atoms with van der Waals surface area (Å²) in [6.45, 7) is 3.73. The fourth-order valence-electron chi connectivity index (χ4n) is 1.96. The van der Waals surface area contributed by atoms with Gasteiger partial charge in [0.05, 0.1) is 26.3 Å². The summed E-state index contributed by atoms with van der Waals surface area (Å²) in [6, 6.07) is 7.52. The molecular formula is C15H20N2O3. The highest BCUT2D eigenvalue weighted by atomic mass is 16.5.